The van der Waals surface area contributed by atoms with Crippen LogP contribution in [0, 0.1) is 5.82 Å². The van der Waals surface area contributed by atoms with Crippen molar-refractivity contribution in [1.29, 1.82) is 0 Å². The van der Waals surface area contributed by atoms with Crippen LogP contribution in [0.4, 0.5) is 4.39 Å². The van der Waals surface area contributed by atoms with Crippen molar-refractivity contribution in [3.05, 3.63) is 101 Å². The van der Waals surface area contributed by atoms with Gasteiger partial charge in [0.15, 0.2) is 6.61 Å². The van der Waals surface area contributed by atoms with Gasteiger partial charge in [-0.25, -0.2) is 9.18 Å². The number of hydrogen-bond acceptors (Lipinski definition) is 4. The van der Waals surface area contributed by atoms with Crippen molar-refractivity contribution < 1.29 is 23.5 Å². The molecule has 0 fully saturated rings. The summed E-state index contributed by atoms with van der Waals surface area (Å²) in [6, 6.07) is 22.4. The highest BCUT2D eigenvalue weighted by Gasteiger charge is 2.10. The Balaban J connectivity index is 1.37. The lowest BCUT2D eigenvalue weighted by Gasteiger charge is -2.08. The lowest BCUT2D eigenvalue weighted by atomic mass is 10.1. The van der Waals surface area contributed by atoms with Crippen LogP contribution in [0.25, 0.3) is 0 Å². The van der Waals surface area contributed by atoms with E-state index in [-0.39, 0.29) is 12.4 Å². The van der Waals surface area contributed by atoms with Gasteiger partial charge in [0.2, 0.25) is 0 Å². The van der Waals surface area contributed by atoms with Gasteiger partial charge in [-0.1, -0.05) is 42.5 Å². The van der Waals surface area contributed by atoms with E-state index in [1.807, 2.05) is 30.3 Å². The van der Waals surface area contributed by atoms with Crippen LogP contribution in [0.5, 0.6) is 5.75 Å². The summed E-state index contributed by atoms with van der Waals surface area (Å²) in [6.45, 7) is 0.437. The van der Waals surface area contributed by atoms with Crippen LogP contribution >= 0.6 is 0 Å². The molecule has 5 nitrogen and oxygen atoms in total. The molecule has 0 spiro atoms. The summed E-state index contributed by atoms with van der Waals surface area (Å²) in [5.41, 5.74) is 2.29. The maximum Gasteiger partial charge on any atom is 0.338 e. The summed E-state index contributed by atoms with van der Waals surface area (Å²) in [5.74, 6) is -0.647. The number of esters is 1. The molecular weight excluding hydrogens is 385 g/mol. The van der Waals surface area contributed by atoms with Crippen LogP contribution in [0.2, 0.25) is 0 Å². The van der Waals surface area contributed by atoms with Gasteiger partial charge in [0.1, 0.15) is 18.2 Å². The van der Waals surface area contributed by atoms with E-state index in [2.05, 4.69) is 5.32 Å². The Hall–Kier alpha value is -3.67. The fourth-order valence-electron chi connectivity index (χ4n) is 2.69. The molecule has 0 aliphatic rings. The zero-order valence-electron chi connectivity index (χ0n) is 16.3. The number of halogens is 1. The second kappa shape index (κ2) is 10.8. The van der Waals surface area contributed by atoms with Crippen LogP contribution in [0.3, 0.4) is 0 Å². The molecule has 0 unspecified atom stereocenters. The highest BCUT2D eigenvalue weighted by molar-refractivity contribution is 5.91. The average Bonchev–Trinajstić information content (AvgIpc) is 2.78. The van der Waals surface area contributed by atoms with Gasteiger partial charge in [0.25, 0.3) is 5.91 Å². The van der Waals surface area contributed by atoms with Gasteiger partial charge in [0, 0.05) is 6.54 Å². The number of benzene rings is 3. The molecule has 0 saturated heterocycles. The van der Waals surface area contributed by atoms with Gasteiger partial charge in [-0.05, 0) is 53.9 Å². The first-order valence-electron chi connectivity index (χ1n) is 9.55. The van der Waals surface area contributed by atoms with Gasteiger partial charge in [-0.15, -0.1) is 0 Å². The molecule has 3 rings (SSSR count). The Kier molecular flexibility index (Phi) is 7.55. The Labute approximate surface area is 174 Å². The molecule has 0 aromatic heterocycles. The lowest BCUT2D eigenvalue weighted by molar-refractivity contribution is -0.124. The predicted octanol–water partition coefficient (Wildman–Crippen LogP) is 3.92. The highest BCUT2D eigenvalue weighted by Crippen LogP contribution is 2.15. The van der Waals surface area contributed by atoms with Crippen LogP contribution in [0.1, 0.15) is 21.5 Å². The van der Waals surface area contributed by atoms with E-state index in [1.165, 1.54) is 12.1 Å². The minimum Gasteiger partial charge on any atom is -0.489 e. The third kappa shape index (κ3) is 6.74. The zero-order chi connectivity index (χ0) is 21.2. The monoisotopic (exact) mass is 407 g/mol. The first-order chi connectivity index (χ1) is 14.6. The molecule has 0 bridgehead atoms. The van der Waals surface area contributed by atoms with Gasteiger partial charge < -0.3 is 14.8 Å². The molecule has 0 radical (unpaired) electrons. The number of nitrogens with one attached hydrogen (secondary N) is 1. The first kappa shape index (κ1) is 21.0. The molecule has 6 heteroatoms. The maximum atomic E-state index is 12.9. The van der Waals surface area contributed by atoms with Crippen molar-refractivity contribution in [3.8, 4) is 5.75 Å². The number of amides is 1. The average molecular weight is 407 g/mol. The number of ether oxygens (including phenoxy) is 2. The molecule has 1 N–H and O–H groups in total. The van der Waals surface area contributed by atoms with Crippen LogP contribution in [0.15, 0.2) is 78.9 Å². The molecule has 3 aromatic rings. The second-order valence-corrected chi connectivity index (χ2v) is 6.60. The molecule has 0 aliphatic heterocycles. The van der Waals surface area contributed by atoms with Crippen molar-refractivity contribution in [1.82, 2.24) is 5.32 Å². The molecule has 0 saturated carbocycles. The van der Waals surface area contributed by atoms with Crippen molar-refractivity contribution >= 4 is 11.9 Å². The lowest BCUT2D eigenvalue weighted by Crippen LogP contribution is -2.30. The largest absolute Gasteiger partial charge is 0.489 e. The minimum absolute atomic E-state index is 0.300. The number of hydrogen-bond donors (Lipinski definition) is 1. The Morgan fingerprint density at radius 1 is 0.833 bits per heavy atom. The molecule has 154 valence electrons. The normalized spacial score (nSPS) is 10.3. The van der Waals surface area contributed by atoms with Crippen LogP contribution < -0.4 is 10.1 Å². The summed E-state index contributed by atoms with van der Waals surface area (Å²) in [7, 11) is 0. The van der Waals surface area contributed by atoms with E-state index < -0.39 is 11.9 Å². The molecule has 0 atom stereocenters. The van der Waals surface area contributed by atoms with Crippen molar-refractivity contribution in [2.45, 2.75) is 13.0 Å². The van der Waals surface area contributed by atoms with Crippen molar-refractivity contribution in [2.75, 3.05) is 13.2 Å². The van der Waals surface area contributed by atoms with Crippen molar-refractivity contribution in [3.63, 3.8) is 0 Å². The second-order valence-electron chi connectivity index (χ2n) is 6.60. The van der Waals surface area contributed by atoms with Gasteiger partial charge in [-0.2, -0.15) is 0 Å². The molecule has 3 aromatic carbocycles. The Morgan fingerprint density at radius 3 is 2.23 bits per heavy atom. The van der Waals surface area contributed by atoms with Gasteiger partial charge in [0.05, 0.1) is 5.56 Å². The van der Waals surface area contributed by atoms with E-state index in [4.69, 9.17) is 9.47 Å². The number of rotatable bonds is 9. The first-order valence-corrected chi connectivity index (χ1v) is 9.55. The maximum absolute atomic E-state index is 12.9. The molecule has 30 heavy (non-hydrogen) atoms. The molecule has 0 heterocycles. The summed E-state index contributed by atoms with van der Waals surface area (Å²) in [6.07, 6.45) is 0.560. The van der Waals surface area contributed by atoms with Crippen LogP contribution in [-0.2, 0) is 22.6 Å². The minimum atomic E-state index is -0.585. The quantitative estimate of drug-likeness (QED) is 0.546. The number of carbonyl (C=O) groups excluding carboxylic acids is 2. The topological polar surface area (TPSA) is 64.6 Å². The predicted molar refractivity (Wildman–Crippen MR) is 111 cm³/mol. The molecule has 1 amide bonds. The van der Waals surface area contributed by atoms with E-state index >= 15 is 0 Å². The Bertz CT molecular complexity index is 957. The smallest absolute Gasteiger partial charge is 0.338 e. The third-order valence-electron chi connectivity index (χ3n) is 4.32. The number of carbonyl (C=O) groups is 2. The highest BCUT2D eigenvalue weighted by atomic mass is 19.1. The fourth-order valence-corrected chi connectivity index (χ4v) is 2.69. The van der Waals surface area contributed by atoms with Gasteiger partial charge >= 0.3 is 5.97 Å². The van der Waals surface area contributed by atoms with Gasteiger partial charge in [-0.3, -0.25) is 4.79 Å². The summed E-state index contributed by atoms with van der Waals surface area (Å²) in [4.78, 5) is 23.9. The van der Waals surface area contributed by atoms with E-state index in [0.29, 0.717) is 30.9 Å². The van der Waals surface area contributed by atoms with Crippen molar-refractivity contribution in [2.24, 2.45) is 0 Å². The Morgan fingerprint density at radius 2 is 1.53 bits per heavy atom. The van der Waals surface area contributed by atoms with E-state index in [1.54, 1.807) is 36.4 Å². The van der Waals surface area contributed by atoms with E-state index in [9.17, 15) is 14.0 Å². The van der Waals surface area contributed by atoms with E-state index in [0.717, 1.165) is 11.1 Å². The summed E-state index contributed by atoms with van der Waals surface area (Å²) in [5, 5.41) is 2.66. The van der Waals surface area contributed by atoms with Crippen LogP contribution in [-0.4, -0.2) is 25.0 Å². The molecule has 0 aliphatic carbocycles. The summed E-state index contributed by atoms with van der Waals surface area (Å²) < 4.78 is 23.6. The SMILES string of the molecule is O=C(COC(=O)c1ccc(OCc2ccccc2)cc1)NCCc1ccc(F)cc1. The third-order valence-corrected chi connectivity index (χ3v) is 4.32. The fraction of sp³-hybridized carbons (Fsp3) is 0.167. The molecular formula is C24H22FNO4. The zero-order valence-corrected chi connectivity index (χ0v) is 16.3. The summed E-state index contributed by atoms with van der Waals surface area (Å²) >= 11 is 0. The standard InChI is InChI=1S/C24H22FNO4/c25-21-10-6-18(7-11-21)14-15-26-23(27)17-30-24(28)20-8-12-22(13-9-20)29-16-19-4-2-1-3-5-19/h1-13H,14-17H2,(H,26,27).